The van der Waals surface area contributed by atoms with E-state index in [4.69, 9.17) is 14.7 Å². The van der Waals surface area contributed by atoms with Gasteiger partial charge in [0.2, 0.25) is 0 Å². The van der Waals surface area contributed by atoms with Crippen molar-refractivity contribution in [1.82, 2.24) is 0 Å². The Morgan fingerprint density at radius 2 is 2.00 bits per heavy atom. The lowest BCUT2D eigenvalue weighted by atomic mass is 10.1. The molecule has 0 aliphatic rings. The molecule has 1 N–H and O–H groups in total. The minimum Gasteiger partial charge on any atom is -0.490 e. The maximum atomic E-state index is 8.92. The average molecular weight is 237 g/mol. The number of hydrogen-bond donors (Lipinski definition) is 1. The Morgan fingerprint density at radius 3 is 2.65 bits per heavy atom. The van der Waals surface area contributed by atoms with Crippen molar-refractivity contribution in [3.63, 3.8) is 0 Å². The number of para-hydroxylation sites is 1. The van der Waals surface area contributed by atoms with Crippen LogP contribution in [0.3, 0.4) is 0 Å². The lowest BCUT2D eigenvalue weighted by Crippen LogP contribution is -2.09. The van der Waals surface area contributed by atoms with Crippen LogP contribution in [-0.2, 0) is 4.74 Å². The van der Waals surface area contributed by atoms with Gasteiger partial charge in [0.15, 0.2) is 0 Å². The highest BCUT2D eigenvalue weighted by atomic mass is 16.5. The van der Waals surface area contributed by atoms with Gasteiger partial charge >= 0.3 is 0 Å². The van der Waals surface area contributed by atoms with Crippen molar-refractivity contribution >= 4 is 5.71 Å². The number of nitrogens with zero attached hydrogens (tertiary/aromatic N) is 1. The highest BCUT2D eigenvalue weighted by Gasteiger charge is 2.08. The molecule has 94 valence electrons. The smallest absolute Gasteiger partial charge is 0.128 e. The van der Waals surface area contributed by atoms with E-state index in [1.165, 1.54) is 0 Å². The van der Waals surface area contributed by atoms with Crippen molar-refractivity contribution < 1.29 is 14.7 Å². The van der Waals surface area contributed by atoms with Crippen LogP contribution in [0, 0.1) is 0 Å². The predicted molar refractivity (Wildman–Crippen MR) is 67.0 cm³/mol. The first kappa shape index (κ1) is 13.5. The van der Waals surface area contributed by atoms with Crippen molar-refractivity contribution in [2.45, 2.75) is 20.3 Å². The van der Waals surface area contributed by atoms with Crippen molar-refractivity contribution in [1.29, 1.82) is 0 Å². The van der Waals surface area contributed by atoms with Crippen LogP contribution in [0.1, 0.15) is 25.8 Å². The number of ether oxygens (including phenoxy) is 2. The zero-order valence-electron chi connectivity index (χ0n) is 10.3. The average Bonchev–Trinajstić information content (AvgIpc) is 2.38. The Hall–Kier alpha value is -1.55. The Balaban J connectivity index is 2.71. The quantitative estimate of drug-likeness (QED) is 0.343. The van der Waals surface area contributed by atoms with Crippen LogP contribution in [0.4, 0.5) is 0 Å². The maximum absolute atomic E-state index is 8.92. The molecule has 0 aliphatic carbocycles. The molecule has 0 atom stereocenters. The molecule has 0 saturated heterocycles. The lowest BCUT2D eigenvalue weighted by molar-refractivity contribution is 0.110. The molecule has 0 saturated carbocycles. The molecule has 0 bridgehead atoms. The van der Waals surface area contributed by atoms with E-state index in [-0.39, 0.29) is 0 Å². The Morgan fingerprint density at radius 1 is 1.24 bits per heavy atom. The molecule has 0 unspecified atom stereocenters. The van der Waals surface area contributed by atoms with E-state index in [0.717, 1.165) is 11.3 Å². The maximum Gasteiger partial charge on any atom is 0.128 e. The van der Waals surface area contributed by atoms with E-state index in [2.05, 4.69) is 5.16 Å². The van der Waals surface area contributed by atoms with Gasteiger partial charge in [0.05, 0.1) is 12.3 Å². The van der Waals surface area contributed by atoms with Crippen molar-refractivity contribution in [3.8, 4) is 5.75 Å². The zero-order chi connectivity index (χ0) is 12.5. The van der Waals surface area contributed by atoms with Crippen molar-refractivity contribution in [2.24, 2.45) is 5.16 Å². The largest absolute Gasteiger partial charge is 0.490 e. The molecule has 0 aliphatic heterocycles. The second kappa shape index (κ2) is 7.68. The topological polar surface area (TPSA) is 51.0 Å². The number of oxime groups is 1. The summed E-state index contributed by atoms with van der Waals surface area (Å²) >= 11 is 0. The first-order chi connectivity index (χ1) is 8.33. The summed E-state index contributed by atoms with van der Waals surface area (Å²) in [5, 5.41) is 12.2. The first-order valence-corrected chi connectivity index (χ1v) is 5.84. The standard InChI is InChI=1S/C13H19NO3/c1-3-12(14-15)11-7-5-6-8-13(11)17-10-9-16-4-2/h5-8,15H,3-4,9-10H2,1-2H3/b14-12+. The van der Waals surface area contributed by atoms with Gasteiger partial charge < -0.3 is 14.7 Å². The highest BCUT2D eigenvalue weighted by Crippen LogP contribution is 2.20. The molecule has 0 heterocycles. The molecule has 0 amide bonds. The van der Waals surface area contributed by atoms with Gasteiger partial charge in [0, 0.05) is 12.2 Å². The van der Waals surface area contributed by atoms with E-state index in [1.54, 1.807) is 0 Å². The molecular formula is C13H19NO3. The van der Waals surface area contributed by atoms with E-state index < -0.39 is 0 Å². The molecule has 0 fully saturated rings. The molecule has 1 aromatic rings. The fourth-order valence-corrected chi connectivity index (χ4v) is 1.50. The van der Waals surface area contributed by atoms with E-state index in [9.17, 15) is 0 Å². The van der Waals surface area contributed by atoms with E-state index in [0.29, 0.717) is 32.0 Å². The number of benzene rings is 1. The SMILES string of the molecule is CCOCCOc1ccccc1/C(CC)=N/O. The molecule has 4 nitrogen and oxygen atoms in total. The summed E-state index contributed by atoms with van der Waals surface area (Å²) in [6, 6.07) is 7.53. The summed E-state index contributed by atoms with van der Waals surface area (Å²) in [5.74, 6) is 0.724. The summed E-state index contributed by atoms with van der Waals surface area (Å²) in [7, 11) is 0. The normalized spacial score (nSPS) is 11.5. The minimum absolute atomic E-state index is 0.493. The van der Waals surface area contributed by atoms with Gasteiger partial charge in [-0.1, -0.05) is 24.2 Å². The lowest BCUT2D eigenvalue weighted by Gasteiger charge is -2.11. The van der Waals surface area contributed by atoms with Gasteiger partial charge in [-0.15, -0.1) is 0 Å². The summed E-state index contributed by atoms with van der Waals surface area (Å²) in [5.41, 5.74) is 1.45. The molecule has 4 heteroatoms. The Bertz CT molecular complexity index is 363. The first-order valence-electron chi connectivity index (χ1n) is 5.84. The molecule has 0 aromatic heterocycles. The molecule has 17 heavy (non-hydrogen) atoms. The summed E-state index contributed by atoms with van der Waals surface area (Å²) < 4.78 is 10.8. The fourth-order valence-electron chi connectivity index (χ4n) is 1.50. The van der Waals surface area contributed by atoms with Crippen LogP contribution in [-0.4, -0.2) is 30.7 Å². The van der Waals surface area contributed by atoms with Gasteiger partial charge in [-0.2, -0.15) is 0 Å². The van der Waals surface area contributed by atoms with Gasteiger partial charge in [0.25, 0.3) is 0 Å². The second-order valence-corrected chi connectivity index (χ2v) is 3.44. The monoisotopic (exact) mass is 237 g/mol. The summed E-state index contributed by atoms with van der Waals surface area (Å²) in [6.07, 6.45) is 0.655. The second-order valence-electron chi connectivity index (χ2n) is 3.44. The molecule has 0 radical (unpaired) electrons. The fraction of sp³-hybridized carbons (Fsp3) is 0.462. The predicted octanol–water partition coefficient (Wildman–Crippen LogP) is 2.69. The number of rotatable bonds is 7. The minimum atomic E-state index is 0.493. The van der Waals surface area contributed by atoms with Crippen LogP contribution in [0.5, 0.6) is 5.75 Å². The van der Waals surface area contributed by atoms with E-state index >= 15 is 0 Å². The molecule has 1 rings (SSSR count). The Kier molecular flexibility index (Phi) is 6.10. The zero-order valence-corrected chi connectivity index (χ0v) is 10.3. The van der Waals surface area contributed by atoms with Crippen molar-refractivity contribution in [3.05, 3.63) is 29.8 Å². The van der Waals surface area contributed by atoms with E-state index in [1.807, 2.05) is 38.1 Å². The van der Waals surface area contributed by atoms with Gasteiger partial charge in [0.1, 0.15) is 12.4 Å². The highest BCUT2D eigenvalue weighted by molar-refractivity contribution is 6.02. The molecular weight excluding hydrogens is 218 g/mol. The van der Waals surface area contributed by atoms with Gasteiger partial charge in [-0.3, -0.25) is 0 Å². The van der Waals surface area contributed by atoms with Crippen molar-refractivity contribution in [2.75, 3.05) is 19.8 Å². The van der Waals surface area contributed by atoms with Crippen LogP contribution in [0.2, 0.25) is 0 Å². The Labute approximate surface area is 102 Å². The molecule has 1 aromatic carbocycles. The third-order valence-electron chi connectivity index (χ3n) is 2.34. The van der Waals surface area contributed by atoms with Crippen LogP contribution in [0.25, 0.3) is 0 Å². The third-order valence-corrected chi connectivity index (χ3v) is 2.34. The molecule has 0 spiro atoms. The van der Waals surface area contributed by atoms with Crippen LogP contribution in [0.15, 0.2) is 29.4 Å². The van der Waals surface area contributed by atoms with Crippen LogP contribution >= 0.6 is 0 Å². The van der Waals surface area contributed by atoms with Gasteiger partial charge in [-0.05, 0) is 25.5 Å². The third kappa shape index (κ3) is 4.07. The van der Waals surface area contributed by atoms with Crippen LogP contribution < -0.4 is 4.74 Å². The number of hydrogen-bond acceptors (Lipinski definition) is 4. The summed E-state index contributed by atoms with van der Waals surface area (Å²) in [6.45, 7) is 5.62. The summed E-state index contributed by atoms with van der Waals surface area (Å²) in [4.78, 5) is 0. The van der Waals surface area contributed by atoms with Gasteiger partial charge in [-0.25, -0.2) is 0 Å².